The Kier molecular flexibility index (Phi) is 3.07. The van der Waals surface area contributed by atoms with Crippen LogP contribution >= 0.6 is 0 Å². The Labute approximate surface area is 80.0 Å². The first-order valence-electron chi connectivity index (χ1n) is 4.49. The summed E-state index contributed by atoms with van der Waals surface area (Å²) in [7, 11) is 1.81. The van der Waals surface area contributed by atoms with E-state index in [1.54, 1.807) is 0 Å². The summed E-state index contributed by atoms with van der Waals surface area (Å²) in [6.07, 6.45) is 7.05. The smallest absolute Gasteiger partial charge is 0.107 e. The molecule has 0 N–H and O–H groups in total. The molecular weight excluding hydrogens is 160 g/mol. The van der Waals surface area contributed by atoms with E-state index in [9.17, 15) is 0 Å². The highest BCUT2D eigenvalue weighted by Gasteiger charge is 2.10. The van der Waals surface area contributed by atoms with Gasteiger partial charge >= 0.3 is 0 Å². The minimum absolute atomic E-state index is 0.924. The Morgan fingerprint density at radius 3 is 2.77 bits per heavy atom. The van der Waals surface area contributed by atoms with Crippen LogP contribution in [0.25, 0.3) is 0 Å². The summed E-state index contributed by atoms with van der Waals surface area (Å²) >= 11 is 0. The first-order chi connectivity index (χ1) is 6.19. The molecule has 0 fully saturated rings. The van der Waals surface area contributed by atoms with Crippen molar-refractivity contribution >= 4 is 5.84 Å². The van der Waals surface area contributed by atoms with E-state index >= 15 is 0 Å². The molecule has 0 bridgehead atoms. The molecule has 1 heterocycles. The van der Waals surface area contributed by atoms with E-state index in [0.717, 1.165) is 18.0 Å². The maximum Gasteiger partial charge on any atom is 0.107 e. The highest BCUT2D eigenvalue weighted by atomic mass is 15.2. The molecular formula is C11H16N2. The number of nitrogens with zero attached hydrogens (tertiary/aromatic N) is 2. The minimum atomic E-state index is 0.924. The zero-order valence-electron chi connectivity index (χ0n) is 8.54. The number of amidine groups is 1. The van der Waals surface area contributed by atoms with Crippen LogP contribution in [0.5, 0.6) is 0 Å². The van der Waals surface area contributed by atoms with Gasteiger partial charge in [-0.05, 0) is 18.6 Å². The largest absolute Gasteiger partial charge is 0.306 e. The number of aliphatic imine (C=N–C) groups is 1. The van der Waals surface area contributed by atoms with Gasteiger partial charge in [0.15, 0.2) is 0 Å². The molecule has 0 saturated carbocycles. The lowest BCUT2D eigenvalue weighted by Gasteiger charge is -2.25. The summed E-state index contributed by atoms with van der Waals surface area (Å²) < 4.78 is 0. The van der Waals surface area contributed by atoms with Crippen molar-refractivity contribution in [1.82, 2.24) is 4.90 Å². The number of hydrogen-bond donors (Lipinski definition) is 0. The molecule has 0 radical (unpaired) electrons. The molecule has 0 aromatic carbocycles. The molecule has 0 aromatic rings. The number of allylic oxidation sites excluding steroid dienone is 3. The predicted octanol–water partition coefficient (Wildman–Crippen LogP) is 2.71. The van der Waals surface area contributed by atoms with Crippen molar-refractivity contribution in [3.8, 4) is 0 Å². The molecule has 0 aromatic heterocycles. The van der Waals surface area contributed by atoms with Crippen LogP contribution in [0.15, 0.2) is 41.2 Å². The van der Waals surface area contributed by atoms with Crippen LogP contribution in [-0.2, 0) is 0 Å². The van der Waals surface area contributed by atoms with Gasteiger partial charge in [0.2, 0.25) is 0 Å². The van der Waals surface area contributed by atoms with Gasteiger partial charge in [-0.3, -0.25) is 4.99 Å². The monoisotopic (exact) mass is 176 g/mol. The van der Waals surface area contributed by atoms with Crippen molar-refractivity contribution in [2.45, 2.75) is 20.3 Å². The Hall–Kier alpha value is -1.31. The van der Waals surface area contributed by atoms with Crippen LogP contribution in [-0.4, -0.2) is 17.8 Å². The molecule has 0 unspecified atom stereocenters. The highest BCUT2D eigenvalue weighted by molar-refractivity contribution is 5.85. The van der Waals surface area contributed by atoms with Crippen LogP contribution in [0, 0.1) is 0 Å². The van der Waals surface area contributed by atoms with E-state index in [1.807, 2.05) is 18.0 Å². The van der Waals surface area contributed by atoms with Crippen LogP contribution in [0.1, 0.15) is 20.3 Å². The van der Waals surface area contributed by atoms with Gasteiger partial charge in [0.05, 0.1) is 0 Å². The van der Waals surface area contributed by atoms with Crippen LogP contribution in [0.4, 0.5) is 0 Å². The van der Waals surface area contributed by atoms with E-state index in [-0.39, 0.29) is 0 Å². The van der Waals surface area contributed by atoms with Gasteiger partial charge < -0.3 is 4.90 Å². The van der Waals surface area contributed by atoms with Gasteiger partial charge in [0.1, 0.15) is 5.84 Å². The average Bonchev–Trinajstić information content (AvgIpc) is 2.13. The van der Waals surface area contributed by atoms with Crippen LogP contribution in [0.2, 0.25) is 0 Å². The van der Waals surface area contributed by atoms with Gasteiger partial charge in [0, 0.05) is 25.4 Å². The van der Waals surface area contributed by atoms with Crippen LogP contribution < -0.4 is 0 Å². The lowest BCUT2D eigenvalue weighted by atomic mass is 10.2. The van der Waals surface area contributed by atoms with E-state index < -0.39 is 0 Å². The van der Waals surface area contributed by atoms with E-state index in [4.69, 9.17) is 0 Å². The molecule has 0 aliphatic carbocycles. The first kappa shape index (κ1) is 9.78. The molecule has 0 saturated heterocycles. The molecule has 13 heavy (non-hydrogen) atoms. The molecule has 0 spiro atoms. The molecule has 2 heteroatoms. The zero-order chi connectivity index (χ0) is 9.84. The third kappa shape index (κ3) is 2.08. The Bertz CT molecular complexity index is 295. The zero-order valence-corrected chi connectivity index (χ0v) is 8.54. The topological polar surface area (TPSA) is 15.6 Å². The van der Waals surface area contributed by atoms with Gasteiger partial charge in [-0.2, -0.15) is 0 Å². The standard InChI is InChI=1S/C11H16N2/c1-5-11(12-4)13-8-9(2)6-7-10(13)3/h6-8H,3,5H2,1-2,4H3. The average molecular weight is 176 g/mol. The number of rotatable bonds is 1. The minimum Gasteiger partial charge on any atom is -0.306 e. The molecule has 2 nitrogen and oxygen atoms in total. The Balaban J connectivity index is 2.92. The van der Waals surface area contributed by atoms with E-state index in [1.165, 1.54) is 5.57 Å². The molecule has 1 rings (SSSR count). The summed E-state index contributed by atoms with van der Waals surface area (Å²) in [5.74, 6) is 1.05. The maximum absolute atomic E-state index is 4.22. The van der Waals surface area contributed by atoms with Gasteiger partial charge in [0.25, 0.3) is 0 Å². The second-order valence-corrected chi connectivity index (χ2v) is 3.06. The highest BCUT2D eigenvalue weighted by Crippen LogP contribution is 2.16. The molecule has 1 aliphatic heterocycles. The summed E-state index contributed by atoms with van der Waals surface area (Å²) in [6, 6.07) is 0. The fourth-order valence-electron chi connectivity index (χ4n) is 1.31. The lowest BCUT2D eigenvalue weighted by Crippen LogP contribution is -2.25. The van der Waals surface area contributed by atoms with E-state index in [0.29, 0.717) is 0 Å². The first-order valence-corrected chi connectivity index (χ1v) is 4.49. The SMILES string of the molecule is C=C1C=CC(C)=CN1C(CC)=NC. The van der Waals surface area contributed by atoms with Crippen molar-refractivity contribution in [1.29, 1.82) is 0 Å². The van der Waals surface area contributed by atoms with Crippen molar-refractivity contribution in [2.75, 3.05) is 7.05 Å². The van der Waals surface area contributed by atoms with Gasteiger partial charge in [-0.25, -0.2) is 0 Å². The molecule has 0 atom stereocenters. The number of hydrogen-bond acceptors (Lipinski definition) is 1. The summed E-state index contributed by atoms with van der Waals surface area (Å²) in [6.45, 7) is 8.12. The summed E-state index contributed by atoms with van der Waals surface area (Å²) in [5.41, 5.74) is 2.20. The second-order valence-electron chi connectivity index (χ2n) is 3.06. The van der Waals surface area contributed by atoms with Gasteiger partial charge in [-0.15, -0.1) is 0 Å². The quantitative estimate of drug-likeness (QED) is 0.443. The fourth-order valence-corrected chi connectivity index (χ4v) is 1.31. The molecule has 1 aliphatic rings. The third-order valence-corrected chi connectivity index (χ3v) is 2.03. The Morgan fingerprint density at radius 2 is 2.23 bits per heavy atom. The normalized spacial score (nSPS) is 17.8. The fraction of sp³-hybridized carbons (Fsp3) is 0.364. The van der Waals surface area contributed by atoms with Crippen molar-refractivity contribution < 1.29 is 0 Å². The summed E-state index contributed by atoms with van der Waals surface area (Å²) in [4.78, 5) is 6.26. The second kappa shape index (κ2) is 4.08. The van der Waals surface area contributed by atoms with Gasteiger partial charge in [-0.1, -0.05) is 19.6 Å². The van der Waals surface area contributed by atoms with Crippen molar-refractivity contribution in [2.24, 2.45) is 4.99 Å². The summed E-state index contributed by atoms with van der Waals surface area (Å²) in [5, 5.41) is 0. The maximum atomic E-state index is 4.22. The van der Waals surface area contributed by atoms with E-state index in [2.05, 4.69) is 37.7 Å². The van der Waals surface area contributed by atoms with Crippen molar-refractivity contribution in [3.63, 3.8) is 0 Å². The predicted molar refractivity (Wildman–Crippen MR) is 57.5 cm³/mol. The van der Waals surface area contributed by atoms with Crippen LogP contribution in [0.3, 0.4) is 0 Å². The molecule has 0 amide bonds. The third-order valence-electron chi connectivity index (χ3n) is 2.03. The Morgan fingerprint density at radius 1 is 1.54 bits per heavy atom. The lowest BCUT2D eigenvalue weighted by molar-refractivity contribution is 0.681. The van der Waals surface area contributed by atoms with Crippen molar-refractivity contribution in [3.05, 3.63) is 36.2 Å². The molecule has 70 valence electrons.